The Balaban J connectivity index is 2.27. The number of carbonyl (C=O) groups excluding carboxylic acids is 1. The Morgan fingerprint density at radius 2 is 2.21 bits per heavy atom. The molecule has 1 rings (SSSR count). The van der Waals surface area contributed by atoms with Crippen LogP contribution in [-0.2, 0) is 9.84 Å². The van der Waals surface area contributed by atoms with Crippen LogP contribution < -0.4 is 5.32 Å². The normalized spacial score (nSPS) is 18.1. The SMILES string of the molecule is CS(=O)(=O)CCCN1CCCNC1=O. The summed E-state index contributed by atoms with van der Waals surface area (Å²) in [5, 5.41) is 2.72. The van der Waals surface area contributed by atoms with Gasteiger partial charge in [-0.05, 0) is 12.8 Å². The molecule has 0 bridgehead atoms. The number of hydrogen-bond donors (Lipinski definition) is 1. The van der Waals surface area contributed by atoms with Crippen molar-refractivity contribution in [3.8, 4) is 0 Å². The number of carbonyl (C=O) groups is 1. The molecule has 1 fully saturated rings. The maximum Gasteiger partial charge on any atom is 0.317 e. The van der Waals surface area contributed by atoms with Crippen LogP contribution in [-0.4, -0.2) is 51.0 Å². The van der Waals surface area contributed by atoms with Crippen molar-refractivity contribution < 1.29 is 13.2 Å². The monoisotopic (exact) mass is 220 g/mol. The fourth-order valence-electron chi connectivity index (χ4n) is 1.41. The van der Waals surface area contributed by atoms with Crippen molar-refractivity contribution in [1.29, 1.82) is 0 Å². The quantitative estimate of drug-likeness (QED) is 0.715. The first kappa shape index (κ1) is 11.3. The van der Waals surface area contributed by atoms with Crippen molar-refractivity contribution >= 4 is 15.9 Å². The molecule has 0 saturated carbocycles. The lowest BCUT2D eigenvalue weighted by molar-refractivity contribution is 0.186. The number of rotatable bonds is 4. The molecular weight excluding hydrogens is 204 g/mol. The molecule has 0 aromatic carbocycles. The maximum atomic E-state index is 11.2. The summed E-state index contributed by atoms with van der Waals surface area (Å²) in [6.07, 6.45) is 2.67. The fraction of sp³-hybridized carbons (Fsp3) is 0.875. The van der Waals surface area contributed by atoms with Crippen LogP contribution in [0.15, 0.2) is 0 Å². The Morgan fingerprint density at radius 3 is 2.79 bits per heavy atom. The molecule has 0 radical (unpaired) electrons. The first-order valence-electron chi connectivity index (χ1n) is 4.69. The van der Waals surface area contributed by atoms with Gasteiger partial charge >= 0.3 is 6.03 Å². The third-order valence-electron chi connectivity index (χ3n) is 2.11. The minimum Gasteiger partial charge on any atom is -0.338 e. The van der Waals surface area contributed by atoms with E-state index >= 15 is 0 Å². The van der Waals surface area contributed by atoms with Gasteiger partial charge in [-0.15, -0.1) is 0 Å². The summed E-state index contributed by atoms with van der Waals surface area (Å²) in [7, 11) is -2.90. The summed E-state index contributed by atoms with van der Waals surface area (Å²) in [4.78, 5) is 12.9. The number of sulfone groups is 1. The molecule has 0 unspecified atom stereocenters. The van der Waals surface area contributed by atoms with E-state index in [0.29, 0.717) is 13.0 Å². The Kier molecular flexibility index (Phi) is 3.74. The van der Waals surface area contributed by atoms with E-state index in [9.17, 15) is 13.2 Å². The molecular formula is C8H16N2O3S. The molecule has 0 atom stereocenters. The number of nitrogens with zero attached hydrogens (tertiary/aromatic N) is 1. The van der Waals surface area contributed by atoms with Gasteiger partial charge < -0.3 is 10.2 Å². The summed E-state index contributed by atoms with van der Waals surface area (Å²) in [5.74, 6) is 0.150. The number of hydrogen-bond acceptors (Lipinski definition) is 3. The lowest BCUT2D eigenvalue weighted by Gasteiger charge is -2.27. The second-order valence-corrected chi connectivity index (χ2v) is 5.82. The van der Waals surface area contributed by atoms with Crippen LogP contribution in [0.1, 0.15) is 12.8 Å². The molecule has 5 nitrogen and oxygen atoms in total. The van der Waals surface area contributed by atoms with E-state index < -0.39 is 9.84 Å². The van der Waals surface area contributed by atoms with Gasteiger partial charge in [-0.25, -0.2) is 13.2 Å². The topological polar surface area (TPSA) is 66.5 Å². The van der Waals surface area contributed by atoms with Crippen LogP contribution in [0.3, 0.4) is 0 Å². The molecule has 14 heavy (non-hydrogen) atoms. The van der Waals surface area contributed by atoms with Crippen LogP contribution in [0.2, 0.25) is 0 Å². The summed E-state index contributed by atoms with van der Waals surface area (Å²) < 4.78 is 21.7. The zero-order valence-corrected chi connectivity index (χ0v) is 9.14. The summed E-state index contributed by atoms with van der Waals surface area (Å²) in [6, 6.07) is -0.0789. The van der Waals surface area contributed by atoms with Gasteiger partial charge in [0.05, 0.1) is 5.75 Å². The van der Waals surface area contributed by atoms with Crippen molar-refractivity contribution in [2.45, 2.75) is 12.8 Å². The van der Waals surface area contributed by atoms with E-state index in [2.05, 4.69) is 5.32 Å². The average Bonchev–Trinajstić information content (AvgIpc) is 2.06. The van der Waals surface area contributed by atoms with Gasteiger partial charge in [0.25, 0.3) is 0 Å². The van der Waals surface area contributed by atoms with Crippen LogP contribution in [0.25, 0.3) is 0 Å². The maximum absolute atomic E-state index is 11.2. The molecule has 1 heterocycles. The molecule has 1 aliphatic heterocycles. The van der Waals surface area contributed by atoms with Gasteiger partial charge in [0.2, 0.25) is 0 Å². The summed E-state index contributed by atoms with van der Waals surface area (Å²) >= 11 is 0. The third kappa shape index (κ3) is 3.95. The van der Waals surface area contributed by atoms with Gasteiger partial charge in [0.15, 0.2) is 0 Å². The molecule has 6 heteroatoms. The fourth-order valence-corrected chi connectivity index (χ4v) is 2.06. The van der Waals surface area contributed by atoms with Crippen LogP contribution in [0.5, 0.6) is 0 Å². The minimum absolute atomic E-state index is 0.0789. The highest BCUT2D eigenvalue weighted by Crippen LogP contribution is 2.01. The molecule has 1 aliphatic rings. The zero-order chi connectivity index (χ0) is 10.6. The van der Waals surface area contributed by atoms with Crippen molar-refractivity contribution in [2.75, 3.05) is 31.6 Å². The lowest BCUT2D eigenvalue weighted by atomic mass is 10.3. The highest BCUT2D eigenvalue weighted by atomic mass is 32.2. The summed E-state index contributed by atoms with van der Waals surface area (Å²) in [5.41, 5.74) is 0. The second kappa shape index (κ2) is 4.63. The Hall–Kier alpha value is -0.780. The van der Waals surface area contributed by atoms with Crippen LogP contribution in [0.4, 0.5) is 4.79 Å². The van der Waals surface area contributed by atoms with Gasteiger partial charge in [0, 0.05) is 25.9 Å². The van der Waals surface area contributed by atoms with Gasteiger partial charge in [0.1, 0.15) is 9.84 Å². The minimum atomic E-state index is -2.90. The first-order valence-corrected chi connectivity index (χ1v) is 6.75. The molecule has 0 spiro atoms. The predicted octanol–water partition coefficient (Wildman–Crippen LogP) is -0.164. The first-order chi connectivity index (χ1) is 6.49. The van der Waals surface area contributed by atoms with E-state index in [1.807, 2.05) is 0 Å². The second-order valence-electron chi connectivity index (χ2n) is 3.56. The standard InChI is InChI=1S/C8H16N2O3S/c1-14(12,13)7-3-6-10-5-2-4-9-8(10)11/h2-7H2,1H3,(H,9,11). The van der Waals surface area contributed by atoms with Crippen molar-refractivity contribution in [1.82, 2.24) is 10.2 Å². The zero-order valence-electron chi connectivity index (χ0n) is 8.32. The molecule has 1 saturated heterocycles. The van der Waals surface area contributed by atoms with Gasteiger partial charge in [-0.1, -0.05) is 0 Å². The highest BCUT2D eigenvalue weighted by molar-refractivity contribution is 7.90. The Morgan fingerprint density at radius 1 is 1.50 bits per heavy atom. The molecule has 0 aromatic rings. The predicted molar refractivity (Wildman–Crippen MR) is 53.9 cm³/mol. The van der Waals surface area contributed by atoms with Crippen LogP contribution in [0, 0.1) is 0 Å². The molecule has 82 valence electrons. The Labute approximate surface area is 84.4 Å². The van der Waals surface area contributed by atoms with E-state index in [1.165, 1.54) is 6.26 Å². The van der Waals surface area contributed by atoms with Crippen molar-refractivity contribution in [3.05, 3.63) is 0 Å². The number of amides is 2. The highest BCUT2D eigenvalue weighted by Gasteiger charge is 2.16. The average molecular weight is 220 g/mol. The smallest absolute Gasteiger partial charge is 0.317 e. The molecule has 0 aromatic heterocycles. The van der Waals surface area contributed by atoms with E-state index in [1.54, 1.807) is 4.90 Å². The van der Waals surface area contributed by atoms with E-state index in [-0.39, 0.29) is 11.8 Å². The molecule has 1 N–H and O–H groups in total. The lowest BCUT2D eigenvalue weighted by Crippen LogP contribution is -2.46. The molecule has 2 amide bonds. The van der Waals surface area contributed by atoms with Gasteiger partial charge in [-0.3, -0.25) is 0 Å². The van der Waals surface area contributed by atoms with Crippen molar-refractivity contribution in [3.63, 3.8) is 0 Å². The largest absolute Gasteiger partial charge is 0.338 e. The Bertz CT molecular complexity index is 300. The van der Waals surface area contributed by atoms with Crippen LogP contribution >= 0.6 is 0 Å². The van der Waals surface area contributed by atoms with Crippen molar-refractivity contribution in [2.24, 2.45) is 0 Å². The summed E-state index contributed by atoms with van der Waals surface area (Å²) in [6.45, 7) is 1.98. The number of urea groups is 1. The van der Waals surface area contributed by atoms with E-state index in [4.69, 9.17) is 0 Å². The third-order valence-corrected chi connectivity index (χ3v) is 3.14. The van der Waals surface area contributed by atoms with Gasteiger partial charge in [-0.2, -0.15) is 0 Å². The number of nitrogens with one attached hydrogen (secondary N) is 1. The van der Waals surface area contributed by atoms with E-state index in [0.717, 1.165) is 19.5 Å². The molecule has 0 aliphatic carbocycles.